The van der Waals surface area contributed by atoms with E-state index < -0.39 is 0 Å². The van der Waals surface area contributed by atoms with Crippen LogP contribution < -0.4 is 5.32 Å². The van der Waals surface area contributed by atoms with Crippen LogP contribution in [0.5, 0.6) is 0 Å². The summed E-state index contributed by atoms with van der Waals surface area (Å²) in [4.78, 5) is 4.36. The normalized spacial score (nSPS) is 17.2. The number of ether oxygens (including phenoxy) is 1. The highest BCUT2D eigenvalue weighted by atomic mass is 32.1. The Bertz CT molecular complexity index is 357. The molecule has 4 heteroatoms. The van der Waals surface area contributed by atoms with Crippen molar-refractivity contribution in [1.82, 2.24) is 10.3 Å². The molecule has 2 rings (SSSR count). The molecule has 0 fully saturated rings. The lowest BCUT2D eigenvalue weighted by molar-refractivity contribution is 0.147. The summed E-state index contributed by atoms with van der Waals surface area (Å²) < 4.78 is 5.42. The molecule has 1 aliphatic heterocycles. The van der Waals surface area contributed by atoms with Crippen molar-refractivity contribution in [2.24, 2.45) is 0 Å². The summed E-state index contributed by atoms with van der Waals surface area (Å²) in [6.07, 6.45) is 5.16. The molecule has 16 heavy (non-hydrogen) atoms. The Morgan fingerprint density at radius 1 is 1.56 bits per heavy atom. The lowest BCUT2D eigenvalue weighted by atomic mass is 10.1. The zero-order valence-corrected chi connectivity index (χ0v) is 10.6. The molecular weight excluding hydrogens is 220 g/mol. The van der Waals surface area contributed by atoms with Crippen molar-refractivity contribution in [2.45, 2.75) is 25.8 Å². The Labute approximate surface area is 101 Å². The average Bonchev–Trinajstić information content (AvgIpc) is 2.82. The second kappa shape index (κ2) is 5.08. The van der Waals surface area contributed by atoms with Crippen molar-refractivity contribution < 1.29 is 4.74 Å². The predicted molar refractivity (Wildman–Crippen MR) is 66.7 cm³/mol. The van der Waals surface area contributed by atoms with Gasteiger partial charge in [-0.05, 0) is 25.8 Å². The van der Waals surface area contributed by atoms with E-state index in [9.17, 15) is 0 Å². The second-order valence-electron chi connectivity index (χ2n) is 4.52. The number of hydrogen-bond donors (Lipinski definition) is 1. The van der Waals surface area contributed by atoms with Gasteiger partial charge in [-0.3, -0.25) is 0 Å². The maximum atomic E-state index is 5.42. The number of rotatable bonds is 4. The number of nitrogens with zero attached hydrogens (tertiary/aromatic N) is 1. The number of hydrogen-bond acceptors (Lipinski definition) is 4. The molecule has 0 amide bonds. The van der Waals surface area contributed by atoms with E-state index in [0.717, 1.165) is 31.2 Å². The van der Waals surface area contributed by atoms with Crippen molar-refractivity contribution >= 4 is 11.3 Å². The Balaban J connectivity index is 1.91. The van der Waals surface area contributed by atoms with E-state index in [1.54, 1.807) is 11.3 Å². The first kappa shape index (κ1) is 11.8. The maximum Gasteiger partial charge on any atom is 0.112 e. The summed E-state index contributed by atoms with van der Waals surface area (Å²) >= 11 is 1.69. The van der Waals surface area contributed by atoms with Gasteiger partial charge in [0.1, 0.15) is 5.01 Å². The van der Waals surface area contributed by atoms with Gasteiger partial charge in [0.05, 0.1) is 18.8 Å². The first-order chi connectivity index (χ1) is 7.68. The molecule has 0 saturated heterocycles. The zero-order valence-electron chi connectivity index (χ0n) is 9.82. The van der Waals surface area contributed by atoms with Gasteiger partial charge in [-0.15, -0.1) is 11.3 Å². The summed E-state index contributed by atoms with van der Waals surface area (Å²) in [5, 5.41) is 6.68. The lowest BCUT2D eigenvalue weighted by Crippen LogP contribution is -2.38. The molecule has 1 aromatic rings. The van der Waals surface area contributed by atoms with Crippen molar-refractivity contribution in [3.05, 3.63) is 28.2 Å². The van der Waals surface area contributed by atoms with Crippen LogP contribution in [0, 0.1) is 0 Å². The third kappa shape index (κ3) is 2.90. The lowest BCUT2D eigenvalue weighted by Gasteiger charge is -2.25. The van der Waals surface area contributed by atoms with Crippen molar-refractivity contribution in [3.63, 3.8) is 0 Å². The number of aromatic nitrogens is 1. The molecule has 0 atom stereocenters. The third-order valence-electron chi connectivity index (χ3n) is 2.71. The van der Waals surface area contributed by atoms with Crippen LogP contribution in [0.1, 0.15) is 25.3 Å². The van der Waals surface area contributed by atoms with Crippen LogP contribution >= 0.6 is 11.3 Å². The molecule has 3 nitrogen and oxygen atoms in total. The molecule has 0 saturated carbocycles. The van der Waals surface area contributed by atoms with Crippen LogP contribution in [-0.2, 0) is 10.3 Å². The summed E-state index contributed by atoms with van der Waals surface area (Å²) in [5.74, 6) is 0. The van der Waals surface area contributed by atoms with Crippen molar-refractivity contribution in [1.29, 1.82) is 0 Å². The van der Waals surface area contributed by atoms with Crippen LogP contribution in [0.15, 0.2) is 23.2 Å². The molecule has 1 N–H and O–H groups in total. The van der Waals surface area contributed by atoms with Gasteiger partial charge >= 0.3 is 0 Å². The topological polar surface area (TPSA) is 34.1 Å². The Morgan fingerprint density at radius 3 is 3.06 bits per heavy atom. The molecule has 0 radical (unpaired) electrons. The standard InChI is InChI=1S/C12H18N2OS/c1-12(2,11-13-5-7-16-11)14-8-10-4-3-6-15-9-10/h4-5,7,14H,3,6,8-9H2,1-2H3. The fourth-order valence-electron chi connectivity index (χ4n) is 1.67. The van der Waals surface area contributed by atoms with Gasteiger partial charge in [-0.1, -0.05) is 6.08 Å². The molecule has 0 aromatic carbocycles. The maximum absolute atomic E-state index is 5.42. The van der Waals surface area contributed by atoms with Crippen molar-refractivity contribution in [2.75, 3.05) is 19.8 Å². The van der Waals surface area contributed by atoms with E-state index >= 15 is 0 Å². The molecule has 2 heterocycles. The van der Waals surface area contributed by atoms with Crippen LogP contribution in [0.25, 0.3) is 0 Å². The van der Waals surface area contributed by atoms with E-state index in [4.69, 9.17) is 4.74 Å². The highest BCUT2D eigenvalue weighted by Gasteiger charge is 2.22. The van der Waals surface area contributed by atoms with Crippen molar-refractivity contribution in [3.8, 4) is 0 Å². The molecule has 88 valence electrons. The molecule has 0 spiro atoms. The Kier molecular flexibility index (Phi) is 3.74. The minimum absolute atomic E-state index is 0.0630. The summed E-state index contributed by atoms with van der Waals surface area (Å²) in [6, 6.07) is 0. The Morgan fingerprint density at radius 2 is 2.44 bits per heavy atom. The number of thiazole rings is 1. The van der Waals surface area contributed by atoms with Crippen LogP contribution in [-0.4, -0.2) is 24.7 Å². The van der Waals surface area contributed by atoms with Gasteiger partial charge in [0.2, 0.25) is 0 Å². The fraction of sp³-hybridized carbons (Fsp3) is 0.583. The van der Waals surface area contributed by atoms with Gasteiger partial charge in [0.25, 0.3) is 0 Å². The largest absolute Gasteiger partial charge is 0.377 e. The minimum Gasteiger partial charge on any atom is -0.377 e. The van der Waals surface area contributed by atoms with Gasteiger partial charge in [-0.25, -0.2) is 4.98 Å². The van der Waals surface area contributed by atoms with E-state index in [-0.39, 0.29) is 5.54 Å². The highest BCUT2D eigenvalue weighted by Crippen LogP contribution is 2.22. The van der Waals surface area contributed by atoms with Gasteiger partial charge < -0.3 is 10.1 Å². The molecule has 0 bridgehead atoms. The molecular formula is C12H18N2OS. The van der Waals surface area contributed by atoms with Crippen LogP contribution in [0.2, 0.25) is 0 Å². The first-order valence-corrected chi connectivity index (χ1v) is 6.47. The molecule has 0 aliphatic carbocycles. The predicted octanol–water partition coefficient (Wildman–Crippen LogP) is 2.31. The van der Waals surface area contributed by atoms with E-state index in [1.165, 1.54) is 5.57 Å². The number of nitrogens with one attached hydrogen (secondary N) is 1. The SMILES string of the molecule is CC(C)(NCC1=CCCOC1)c1nccs1. The summed E-state index contributed by atoms with van der Waals surface area (Å²) in [7, 11) is 0. The third-order valence-corrected chi connectivity index (χ3v) is 3.80. The fourth-order valence-corrected chi connectivity index (χ4v) is 2.41. The van der Waals surface area contributed by atoms with E-state index in [0.29, 0.717) is 0 Å². The smallest absolute Gasteiger partial charge is 0.112 e. The zero-order chi connectivity index (χ0) is 11.4. The van der Waals surface area contributed by atoms with Gasteiger partial charge in [0.15, 0.2) is 0 Å². The van der Waals surface area contributed by atoms with Crippen LogP contribution in [0.4, 0.5) is 0 Å². The van der Waals surface area contributed by atoms with E-state index in [1.807, 2.05) is 11.6 Å². The summed E-state index contributed by atoms with van der Waals surface area (Å²) in [5.41, 5.74) is 1.28. The van der Waals surface area contributed by atoms with E-state index in [2.05, 4.69) is 30.2 Å². The van der Waals surface area contributed by atoms with Crippen LogP contribution in [0.3, 0.4) is 0 Å². The minimum atomic E-state index is -0.0630. The second-order valence-corrected chi connectivity index (χ2v) is 5.41. The van der Waals surface area contributed by atoms with Gasteiger partial charge in [-0.2, -0.15) is 0 Å². The van der Waals surface area contributed by atoms with Gasteiger partial charge in [0, 0.05) is 18.1 Å². The Hall–Kier alpha value is -0.710. The first-order valence-electron chi connectivity index (χ1n) is 5.59. The summed E-state index contributed by atoms with van der Waals surface area (Å²) in [6.45, 7) is 6.83. The average molecular weight is 238 g/mol. The monoisotopic (exact) mass is 238 g/mol. The highest BCUT2D eigenvalue weighted by molar-refractivity contribution is 7.09. The molecule has 0 unspecified atom stereocenters. The quantitative estimate of drug-likeness (QED) is 0.817. The molecule has 1 aromatic heterocycles. The molecule has 1 aliphatic rings.